The molecule has 0 aromatic heterocycles. The maximum Gasteiger partial charge on any atom is 0.302 e. The van der Waals surface area contributed by atoms with Crippen molar-refractivity contribution in [3.8, 4) is 0 Å². The summed E-state index contributed by atoms with van der Waals surface area (Å²) in [5, 5.41) is 0. The summed E-state index contributed by atoms with van der Waals surface area (Å²) >= 11 is 0. The molecule has 1 unspecified atom stereocenters. The third-order valence-electron chi connectivity index (χ3n) is 2.25. The standard InChI is InChI=1S/C13H18O2/c1-3-7-13(15-11(2)14)10-12-8-5-4-6-9-12/h4-6,8-9,13H,3,7,10H2,1-2H3. The highest BCUT2D eigenvalue weighted by Crippen LogP contribution is 2.10. The van der Waals surface area contributed by atoms with Gasteiger partial charge in [-0.05, 0) is 12.0 Å². The predicted molar refractivity (Wildman–Crippen MR) is 60.6 cm³/mol. The molecule has 0 radical (unpaired) electrons. The fraction of sp³-hybridized carbons (Fsp3) is 0.462. The number of benzene rings is 1. The monoisotopic (exact) mass is 206 g/mol. The third-order valence-corrected chi connectivity index (χ3v) is 2.25. The molecule has 0 amide bonds. The van der Waals surface area contributed by atoms with Gasteiger partial charge in [0.25, 0.3) is 0 Å². The molecule has 2 nitrogen and oxygen atoms in total. The van der Waals surface area contributed by atoms with Crippen LogP contribution in [-0.4, -0.2) is 12.1 Å². The minimum Gasteiger partial charge on any atom is -0.462 e. The highest BCUT2D eigenvalue weighted by atomic mass is 16.5. The van der Waals surface area contributed by atoms with Crippen LogP contribution in [0.25, 0.3) is 0 Å². The van der Waals surface area contributed by atoms with Crippen LogP contribution in [0, 0.1) is 0 Å². The summed E-state index contributed by atoms with van der Waals surface area (Å²) in [4.78, 5) is 10.9. The van der Waals surface area contributed by atoms with Gasteiger partial charge in [0, 0.05) is 13.3 Å². The Morgan fingerprint density at radius 2 is 2.00 bits per heavy atom. The average Bonchev–Trinajstić information content (AvgIpc) is 2.18. The smallest absolute Gasteiger partial charge is 0.302 e. The molecular formula is C13H18O2. The molecule has 1 aromatic carbocycles. The van der Waals surface area contributed by atoms with Gasteiger partial charge in [0.1, 0.15) is 6.10 Å². The zero-order chi connectivity index (χ0) is 11.1. The first-order valence-corrected chi connectivity index (χ1v) is 5.43. The Labute approximate surface area is 91.3 Å². The van der Waals surface area contributed by atoms with E-state index in [1.165, 1.54) is 12.5 Å². The number of hydrogen-bond acceptors (Lipinski definition) is 2. The van der Waals surface area contributed by atoms with Crippen LogP contribution in [0.5, 0.6) is 0 Å². The van der Waals surface area contributed by atoms with Gasteiger partial charge in [-0.1, -0.05) is 43.7 Å². The lowest BCUT2D eigenvalue weighted by Gasteiger charge is -2.16. The summed E-state index contributed by atoms with van der Waals surface area (Å²) < 4.78 is 5.26. The topological polar surface area (TPSA) is 26.3 Å². The van der Waals surface area contributed by atoms with E-state index in [0.29, 0.717) is 0 Å². The molecule has 0 N–H and O–H groups in total. The van der Waals surface area contributed by atoms with E-state index < -0.39 is 0 Å². The van der Waals surface area contributed by atoms with Crippen LogP contribution in [-0.2, 0) is 16.0 Å². The summed E-state index contributed by atoms with van der Waals surface area (Å²) in [5.41, 5.74) is 1.22. The van der Waals surface area contributed by atoms with E-state index in [2.05, 4.69) is 19.1 Å². The lowest BCUT2D eigenvalue weighted by atomic mass is 10.0. The molecule has 1 rings (SSSR count). The zero-order valence-electron chi connectivity index (χ0n) is 9.40. The van der Waals surface area contributed by atoms with Gasteiger partial charge in [0.15, 0.2) is 0 Å². The number of esters is 1. The molecule has 0 heterocycles. The number of carbonyl (C=O) groups excluding carboxylic acids is 1. The minimum atomic E-state index is -0.190. The number of rotatable bonds is 5. The van der Waals surface area contributed by atoms with Crippen LogP contribution >= 0.6 is 0 Å². The van der Waals surface area contributed by atoms with Crippen molar-refractivity contribution in [3.63, 3.8) is 0 Å². The number of ether oxygens (including phenoxy) is 1. The molecule has 1 aromatic rings. The molecule has 1 atom stereocenters. The number of carbonyl (C=O) groups is 1. The van der Waals surface area contributed by atoms with Gasteiger partial charge < -0.3 is 4.74 Å². The second-order valence-electron chi connectivity index (χ2n) is 3.71. The fourth-order valence-corrected chi connectivity index (χ4v) is 1.64. The molecule has 0 aliphatic rings. The van der Waals surface area contributed by atoms with E-state index in [0.717, 1.165) is 19.3 Å². The lowest BCUT2D eigenvalue weighted by molar-refractivity contribution is -0.146. The highest BCUT2D eigenvalue weighted by Gasteiger charge is 2.11. The molecule has 0 spiro atoms. The third kappa shape index (κ3) is 4.63. The second-order valence-corrected chi connectivity index (χ2v) is 3.71. The van der Waals surface area contributed by atoms with Gasteiger partial charge in [-0.25, -0.2) is 0 Å². The first-order chi connectivity index (χ1) is 7.22. The normalized spacial score (nSPS) is 12.1. The van der Waals surface area contributed by atoms with Crippen LogP contribution in [0.4, 0.5) is 0 Å². The van der Waals surface area contributed by atoms with Crippen LogP contribution in [0.1, 0.15) is 32.3 Å². The summed E-state index contributed by atoms with van der Waals surface area (Å²) in [6.07, 6.45) is 2.79. The van der Waals surface area contributed by atoms with E-state index in [1.807, 2.05) is 18.2 Å². The van der Waals surface area contributed by atoms with Crippen molar-refractivity contribution in [3.05, 3.63) is 35.9 Å². The summed E-state index contributed by atoms with van der Waals surface area (Å²) in [5.74, 6) is -0.190. The Bertz CT molecular complexity index is 293. The van der Waals surface area contributed by atoms with Crippen molar-refractivity contribution in [1.82, 2.24) is 0 Å². The van der Waals surface area contributed by atoms with E-state index in [9.17, 15) is 4.79 Å². The molecule has 0 fully saturated rings. The highest BCUT2D eigenvalue weighted by molar-refractivity contribution is 5.66. The Morgan fingerprint density at radius 3 is 2.53 bits per heavy atom. The maximum atomic E-state index is 10.9. The van der Waals surface area contributed by atoms with Gasteiger partial charge >= 0.3 is 5.97 Å². The molecule has 0 bridgehead atoms. The minimum absolute atomic E-state index is 0.0231. The van der Waals surface area contributed by atoms with Crippen molar-refractivity contribution in [2.24, 2.45) is 0 Å². The molecule has 82 valence electrons. The van der Waals surface area contributed by atoms with Gasteiger partial charge in [0.2, 0.25) is 0 Å². The average molecular weight is 206 g/mol. The van der Waals surface area contributed by atoms with Crippen molar-refractivity contribution in [2.75, 3.05) is 0 Å². The van der Waals surface area contributed by atoms with Gasteiger partial charge in [0.05, 0.1) is 0 Å². The quantitative estimate of drug-likeness (QED) is 0.692. The Morgan fingerprint density at radius 1 is 1.33 bits per heavy atom. The summed E-state index contributed by atoms with van der Waals surface area (Å²) in [6, 6.07) is 10.1. The van der Waals surface area contributed by atoms with E-state index in [4.69, 9.17) is 4.74 Å². The molecule has 2 heteroatoms. The number of hydrogen-bond donors (Lipinski definition) is 0. The maximum absolute atomic E-state index is 10.9. The molecule has 15 heavy (non-hydrogen) atoms. The van der Waals surface area contributed by atoms with Crippen LogP contribution in [0.3, 0.4) is 0 Å². The van der Waals surface area contributed by atoms with E-state index in [1.54, 1.807) is 0 Å². The van der Waals surface area contributed by atoms with Crippen molar-refractivity contribution >= 4 is 5.97 Å². The summed E-state index contributed by atoms with van der Waals surface area (Å²) in [6.45, 7) is 3.56. The van der Waals surface area contributed by atoms with Crippen LogP contribution < -0.4 is 0 Å². The van der Waals surface area contributed by atoms with Gasteiger partial charge in [-0.3, -0.25) is 4.79 Å². The van der Waals surface area contributed by atoms with Crippen LogP contribution in [0.2, 0.25) is 0 Å². The van der Waals surface area contributed by atoms with E-state index >= 15 is 0 Å². The summed E-state index contributed by atoms with van der Waals surface area (Å²) in [7, 11) is 0. The van der Waals surface area contributed by atoms with Crippen molar-refractivity contribution in [2.45, 2.75) is 39.2 Å². The molecule has 0 saturated heterocycles. The molecule has 0 aliphatic heterocycles. The Hall–Kier alpha value is -1.31. The zero-order valence-corrected chi connectivity index (χ0v) is 9.40. The first-order valence-electron chi connectivity index (χ1n) is 5.43. The Balaban J connectivity index is 2.54. The largest absolute Gasteiger partial charge is 0.462 e. The molecule has 0 saturated carbocycles. The lowest BCUT2D eigenvalue weighted by Crippen LogP contribution is -2.18. The van der Waals surface area contributed by atoms with E-state index in [-0.39, 0.29) is 12.1 Å². The van der Waals surface area contributed by atoms with Gasteiger partial charge in [-0.2, -0.15) is 0 Å². The SMILES string of the molecule is CCCC(Cc1ccccc1)OC(C)=O. The molecular weight excluding hydrogens is 188 g/mol. The van der Waals surface area contributed by atoms with Gasteiger partial charge in [-0.15, -0.1) is 0 Å². The fourth-order valence-electron chi connectivity index (χ4n) is 1.64. The Kier molecular flexibility index (Phi) is 4.88. The predicted octanol–water partition coefficient (Wildman–Crippen LogP) is 2.96. The second kappa shape index (κ2) is 6.23. The molecule has 0 aliphatic carbocycles. The first kappa shape index (κ1) is 11.8. The van der Waals surface area contributed by atoms with Crippen molar-refractivity contribution < 1.29 is 9.53 Å². The van der Waals surface area contributed by atoms with Crippen molar-refractivity contribution in [1.29, 1.82) is 0 Å². The van der Waals surface area contributed by atoms with Crippen LogP contribution in [0.15, 0.2) is 30.3 Å².